The van der Waals surface area contributed by atoms with Gasteiger partial charge in [-0.05, 0) is 36.6 Å². The van der Waals surface area contributed by atoms with E-state index in [0.29, 0.717) is 11.5 Å². The second-order valence-electron chi connectivity index (χ2n) is 7.49. The molecular formula is C22H26N2O4S. The van der Waals surface area contributed by atoms with Gasteiger partial charge in [-0.3, -0.25) is 9.69 Å². The Hall–Kier alpha value is -2.35. The molecule has 0 radical (unpaired) electrons. The highest BCUT2D eigenvalue weighted by atomic mass is 32.1. The highest BCUT2D eigenvalue weighted by Crippen LogP contribution is 2.37. The molecule has 3 heterocycles. The summed E-state index contributed by atoms with van der Waals surface area (Å²) in [5, 5.41) is 10.5. The molecule has 6 nitrogen and oxygen atoms in total. The van der Waals surface area contributed by atoms with Crippen LogP contribution in [-0.4, -0.2) is 48.0 Å². The largest absolute Gasteiger partial charge is 0.493 e. The third-order valence-corrected chi connectivity index (χ3v) is 6.69. The van der Waals surface area contributed by atoms with Gasteiger partial charge in [0.1, 0.15) is 0 Å². The summed E-state index contributed by atoms with van der Waals surface area (Å²) < 4.78 is 13.4. The first-order valence-corrected chi connectivity index (χ1v) is 10.6. The van der Waals surface area contributed by atoms with E-state index in [4.69, 9.17) is 9.47 Å². The van der Waals surface area contributed by atoms with Crippen molar-refractivity contribution in [3.8, 4) is 22.6 Å². The maximum atomic E-state index is 12.8. The number of nitrogens with zero attached hydrogens (tertiary/aromatic N) is 2. The van der Waals surface area contributed by atoms with E-state index in [9.17, 15) is 9.90 Å². The number of hydrogen-bond acceptors (Lipinski definition) is 6. The number of thiophene rings is 1. The number of fused-ring (bicyclic) bond motifs is 1. The number of ether oxygens (including phenoxy) is 2. The van der Waals surface area contributed by atoms with Gasteiger partial charge in [0.25, 0.3) is 5.56 Å². The first-order chi connectivity index (χ1) is 14.0. The minimum absolute atomic E-state index is 0.0146. The molecule has 0 atom stereocenters. The molecule has 0 amide bonds. The summed E-state index contributed by atoms with van der Waals surface area (Å²) >= 11 is 1.67. The number of aliphatic hydroxyl groups excluding tert-OH is 1. The van der Waals surface area contributed by atoms with Crippen molar-refractivity contribution in [2.24, 2.45) is 7.05 Å². The van der Waals surface area contributed by atoms with Gasteiger partial charge < -0.3 is 19.1 Å². The highest BCUT2D eigenvalue weighted by molar-refractivity contribution is 7.19. The molecule has 0 spiro atoms. The quantitative estimate of drug-likeness (QED) is 0.694. The van der Waals surface area contributed by atoms with Gasteiger partial charge in [0.15, 0.2) is 11.5 Å². The van der Waals surface area contributed by atoms with Crippen molar-refractivity contribution in [2.45, 2.75) is 25.5 Å². The average Bonchev–Trinajstić information content (AvgIpc) is 3.16. The summed E-state index contributed by atoms with van der Waals surface area (Å²) in [6.45, 7) is 2.58. The van der Waals surface area contributed by atoms with Crippen LogP contribution >= 0.6 is 11.3 Å². The lowest BCUT2D eigenvalue weighted by molar-refractivity contribution is 0.0797. The summed E-state index contributed by atoms with van der Waals surface area (Å²) in [5.41, 5.74) is 2.01. The fourth-order valence-electron chi connectivity index (χ4n) is 3.89. The first kappa shape index (κ1) is 19.9. The molecule has 0 unspecified atom stereocenters. The Morgan fingerprint density at radius 3 is 2.55 bits per heavy atom. The van der Waals surface area contributed by atoms with E-state index in [1.165, 1.54) is 4.88 Å². The fourth-order valence-corrected chi connectivity index (χ4v) is 5.11. The molecule has 154 valence electrons. The van der Waals surface area contributed by atoms with E-state index in [-0.39, 0.29) is 11.7 Å². The number of aliphatic hydroxyl groups is 1. The molecule has 1 aliphatic rings. The zero-order valence-corrected chi connectivity index (χ0v) is 17.8. The van der Waals surface area contributed by atoms with E-state index in [1.807, 2.05) is 30.5 Å². The SMILES string of the molecule is COc1ccc(-c2cn(C)c(=O)c3cc(CN4CCC(O)CC4)sc23)cc1OC. The molecule has 1 aliphatic heterocycles. The molecule has 7 heteroatoms. The lowest BCUT2D eigenvalue weighted by Gasteiger charge is -2.28. The van der Waals surface area contributed by atoms with Gasteiger partial charge in [-0.25, -0.2) is 0 Å². The molecule has 1 N–H and O–H groups in total. The number of rotatable bonds is 5. The number of methoxy groups -OCH3 is 2. The van der Waals surface area contributed by atoms with Crippen molar-refractivity contribution in [3.63, 3.8) is 0 Å². The summed E-state index contributed by atoms with van der Waals surface area (Å²) in [5.74, 6) is 1.34. The predicted octanol–water partition coefficient (Wildman–Crippen LogP) is 3.24. The lowest BCUT2D eigenvalue weighted by atomic mass is 10.1. The Bertz CT molecular complexity index is 1080. The third-order valence-electron chi connectivity index (χ3n) is 5.53. The van der Waals surface area contributed by atoms with Crippen molar-refractivity contribution in [1.29, 1.82) is 0 Å². The smallest absolute Gasteiger partial charge is 0.259 e. The van der Waals surface area contributed by atoms with Crippen LogP contribution in [0.25, 0.3) is 21.2 Å². The number of aryl methyl sites for hydroxylation is 1. The summed E-state index contributed by atoms with van der Waals surface area (Å²) in [4.78, 5) is 16.3. The number of piperidine rings is 1. The molecule has 3 aromatic rings. The van der Waals surface area contributed by atoms with Gasteiger partial charge in [-0.15, -0.1) is 11.3 Å². The Kier molecular flexibility index (Phi) is 5.63. The Morgan fingerprint density at radius 1 is 1.14 bits per heavy atom. The van der Waals surface area contributed by atoms with E-state index >= 15 is 0 Å². The number of likely N-dealkylation sites (tertiary alicyclic amines) is 1. The van der Waals surface area contributed by atoms with E-state index in [2.05, 4.69) is 4.90 Å². The molecule has 29 heavy (non-hydrogen) atoms. The molecular weight excluding hydrogens is 388 g/mol. The van der Waals surface area contributed by atoms with Gasteiger partial charge in [-0.2, -0.15) is 0 Å². The average molecular weight is 415 g/mol. The Morgan fingerprint density at radius 2 is 1.86 bits per heavy atom. The van der Waals surface area contributed by atoms with Crippen molar-refractivity contribution < 1.29 is 14.6 Å². The molecule has 1 aromatic carbocycles. The number of aromatic nitrogens is 1. The molecule has 0 saturated carbocycles. The molecule has 0 bridgehead atoms. The van der Waals surface area contributed by atoms with Crippen LogP contribution in [0.5, 0.6) is 11.5 Å². The standard InChI is InChI=1S/C22H26N2O4S/c1-23-13-18(14-4-5-19(27-2)20(10-14)28-3)21-17(22(23)26)11-16(29-21)12-24-8-6-15(25)7-9-24/h4-5,10-11,13,15,25H,6-9,12H2,1-3H3. The zero-order chi connectivity index (χ0) is 20.5. The normalized spacial score (nSPS) is 15.7. The van der Waals surface area contributed by atoms with Gasteiger partial charge in [0, 0.05) is 48.0 Å². The van der Waals surface area contributed by atoms with E-state index < -0.39 is 0 Å². The number of hydrogen-bond donors (Lipinski definition) is 1. The van der Waals surface area contributed by atoms with Crippen LogP contribution in [0.3, 0.4) is 0 Å². The minimum atomic E-state index is -0.183. The number of pyridine rings is 1. The highest BCUT2D eigenvalue weighted by Gasteiger charge is 2.20. The minimum Gasteiger partial charge on any atom is -0.493 e. The molecule has 0 aliphatic carbocycles. The summed E-state index contributed by atoms with van der Waals surface area (Å²) in [6.07, 6.45) is 3.33. The van der Waals surface area contributed by atoms with Gasteiger partial charge in [-0.1, -0.05) is 6.07 Å². The Balaban J connectivity index is 1.76. The second-order valence-corrected chi connectivity index (χ2v) is 8.63. The Labute approximate surface area is 173 Å². The second kappa shape index (κ2) is 8.18. The fraction of sp³-hybridized carbons (Fsp3) is 0.409. The van der Waals surface area contributed by atoms with Crippen molar-refractivity contribution in [2.75, 3.05) is 27.3 Å². The summed E-state index contributed by atoms with van der Waals surface area (Å²) in [7, 11) is 5.03. The summed E-state index contributed by atoms with van der Waals surface area (Å²) in [6, 6.07) is 7.85. The van der Waals surface area contributed by atoms with Gasteiger partial charge in [0.2, 0.25) is 0 Å². The molecule has 2 aromatic heterocycles. The van der Waals surface area contributed by atoms with Crippen molar-refractivity contribution in [3.05, 3.63) is 45.7 Å². The third kappa shape index (κ3) is 3.90. The zero-order valence-electron chi connectivity index (χ0n) is 17.0. The lowest BCUT2D eigenvalue weighted by Crippen LogP contribution is -2.35. The van der Waals surface area contributed by atoms with Crippen LogP contribution < -0.4 is 15.0 Å². The van der Waals surface area contributed by atoms with Gasteiger partial charge in [0.05, 0.1) is 25.7 Å². The van der Waals surface area contributed by atoms with Crippen molar-refractivity contribution in [1.82, 2.24) is 9.47 Å². The molecule has 4 rings (SSSR count). The predicted molar refractivity (Wildman–Crippen MR) is 116 cm³/mol. The maximum absolute atomic E-state index is 12.8. The van der Waals surface area contributed by atoms with Gasteiger partial charge >= 0.3 is 0 Å². The van der Waals surface area contributed by atoms with E-state index in [1.54, 1.807) is 37.2 Å². The van der Waals surface area contributed by atoms with Crippen LogP contribution in [0.15, 0.2) is 35.3 Å². The van der Waals surface area contributed by atoms with Crippen LogP contribution in [0.4, 0.5) is 0 Å². The van der Waals surface area contributed by atoms with Crippen LogP contribution in [0, 0.1) is 0 Å². The van der Waals surface area contributed by atoms with Crippen LogP contribution in [0.2, 0.25) is 0 Å². The topological polar surface area (TPSA) is 63.9 Å². The molecule has 1 fully saturated rings. The molecule has 1 saturated heterocycles. The maximum Gasteiger partial charge on any atom is 0.259 e. The monoisotopic (exact) mass is 414 g/mol. The first-order valence-electron chi connectivity index (χ1n) is 9.75. The number of benzene rings is 1. The van der Waals surface area contributed by atoms with E-state index in [0.717, 1.165) is 53.7 Å². The van der Waals surface area contributed by atoms with Crippen LogP contribution in [-0.2, 0) is 13.6 Å². The van der Waals surface area contributed by atoms with Crippen molar-refractivity contribution >= 4 is 21.4 Å². The van der Waals surface area contributed by atoms with Crippen LogP contribution in [0.1, 0.15) is 17.7 Å².